The highest BCUT2D eigenvalue weighted by Gasteiger charge is 2.41. The molecule has 0 radical (unpaired) electrons. The average Bonchev–Trinajstić information content (AvgIpc) is 2.31. The van der Waals surface area contributed by atoms with Crippen LogP contribution >= 0.6 is 0 Å². The molecule has 0 aromatic carbocycles. The second kappa shape index (κ2) is 3.68. The predicted molar refractivity (Wildman–Crippen MR) is 49.1 cm³/mol. The second-order valence-corrected chi connectivity index (χ2v) is 3.15. The molecule has 4 nitrogen and oxygen atoms in total. The van der Waals surface area contributed by atoms with Gasteiger partial charge in [0.25, 0.3) is 0 Å². The van der Waals surface area contributed by atoms with Gasteiger partial charge in [0.05, 0.1) is 6.61 Å². The van der Waals surface area contributed by atoms with Crippen LogP contribution in [0.1, 0.15) is 20.8 Å². The first-order valence-electron chi connectivity index (χ1n) is 4.34. The molecule has 1 atom stereocenters. The molecule has 0 amide bonds. The summed E-state index contributed by atoms with van der Waals surface area (Å²) >= 11 is 0. The molecule has 0 bridgehead atoms. The third kappa shape index (κ3) is 1.56. The summed E-state index contributed by atoms with van der Waals surface area (Å²) in [6.07, 6.45) is 1.17. The van der Waals surface area contributed by atoms with E-state index in [2.05, 4.69) is 0 Å². The van der Waals surface area contributed by atoms with E-state index in [0.717, 1.165) is 0 Å². The van der Waals surface area contributed by atoms with Gasteiger partial charge in [0.1, 0.15) is 5.94 Å². The second-order valence-electron chi connectivity index (χ2n) is 3.15. The Bertz CT molecular complexity index is 336. The SMILES string of the molecule is CCOC1=C(C)C(C)(C=C=O)OC1=O. The largest absolute Gasteiger partial charge is 0.487 e. The van der Waals surface area contributed by atoms with E-state index >= 15 is 0 Å². The molecule has 1 heterocycles. The van der Waals surface area contributed by atoms with E-state index in [9.17, 15) is 9.59 Å². The Kier molecular flexibility index (Phi) is 2.77. The summed E-state index contributed by atoms with van der Waals surface area (Å²) in [7, 11) is 0. The number of carbonyl (C=O) groups excluding carboxylic acids is 2. The van der Waals surface area contributed by atoms with E-state index in [1.165, 1.54) is 6.08 Å². The molecule has 0 aliphatic carbocycles. The summed E-state index contributed by atoms with van der Waals surface area (Å²) in [5.74, 6) is 1.29. The van der Waals surface area contributed by atoms with Crippen molar-refractivity contribution in [1.82, 2.24) is 0 Å². The predicted octanol–water partition coefficient (Wildman–Crippen LogP) is 1.00. The minimum Gasteiger partial charge on any atom is -0.487 e. The third-order valence-corrected chi connectivity index (χ3v) is 2.20. The molecule has 0 saturated heterocycles. The van der Waals surface area contributed by atoms with Crippen molar-refractivity contribution >= 4 is 11.9 Å². The quantitative estimate of drug-likeness (QED) is 0.499. The van der Waals surface area contributed by atoms with Crippen LogP contribution in [0.4, 0.5) is 0 Å². The van der Waals surface area contributed by atoms with Crippen LogP contribution in [0.5, 0.6) is 0 Å². The van der Waals surface area contributed by atoms with Gasteiger partial charge in [-0.2, -0.15) is 0 Å². The monoisotopic (exact) mass is 196 g/mol. The molecule has 0 aromatic rings. The lowest BCUT2D eigenvalue weighted by Crippen LogP contribution is -2.24. The summed E-state index contributed by atoms with van der Waals surface area (Å²) in [5, 5.41) is 0. The molecule has 0 spiro atoms. The minimum absolute atomic E-state index is 0.196. The highest BCUT2D eigenvalue weighted by molar-refractivity contribution is 5.91. The summed E-state index contributed by atoms with van der Waals surface area (Å²) in [5.41, 5.74) is -0.392. The van der Waals surface area contributed by atoms with Crippen LogP contribution in [-0.2, 0) is 19.1 Å². The van der Waals surface area contributed by atoms with Crippen LogP contribution in [-0.4, -0.2) is 24.1 Å². The zero-order chi connectivity index (χ0) is 10.8. The first kappa shape index (κ1) is 10.5. The number of esters is 1. The van der Waals surface area contributed by atoms with Crippen molar-refractivity contribution in [3.05, 3.63) is 17.4 Å². The first-order valence-corrected chi connectivity index (χ1v) is 4.34. The van der Waals surface area contributed by atoms with Gasteiger partial charge in [0, 0.05) is 11.6 Å². The van der Waals surface area contributed by atoms with Gasteiger partial charge in [-0.1, -0.05) is 0 Å². The van der Waals surface area contributed by atoms with Crippen LogP contribution in [0.15, 0.2) is 17.4 Å². The molecule has 0 N–H and O–H groups in total. The van der Waals surface area contributed by atoms with Gasteiger partial charge < -0.3 is 9.47 Å². The molecule has 1 aliphatic heterocycles. The zero-order valence-corrected chi connectivity index (χ0v) is 8.42. The lowest BCUT2D eigenvalue weighted by molar-refractivity contribution is -0.145. The van der Waals surface area contributed by atoms with E-state index in [0.29, 0.717) is 12.2 Å². The number of rotatable bonds is 3. The molecule has 14 heavy (non-hydrogen) atoms. The fourth-order valence-electron chi connectivity index (χ4n) is 1.26. The van der Waals surface area contributed by atoms with E-state index < -0.39 is 11.6 Å². The molecule has 0 saturated carbocycles. The standard InChI is InChI=1S/C10H12O4/c1-4-13-8-7(2)10(3,5-6-11)14-9(8)12/h5H,4H2,1-3H3. The minimum atomic E-state index is -0.997. The van der Waals surface area contributed by atoms with Gasteiger partial charge in [0.15, 0.2) is 5.60 Å². The van der Waals surface area contributed by atoms with Gasteiger partial charge in [0.2, 0.25) is 5.76 Å². The normalized spacial score (nSPS) is 25.8. The molecule has 1 aliphatic rings. The number of hydrogen-bond donors (Lipinski definition) is 0. The van der Waals surface area contributed by atoms with E-state index in [-0.39, 0.29) is 5.76 Å². The van der Waals surface area contributed by atoms with Crippen molar-refractivity contribution in [2.75, 3.05) is 6.61 Å². The van der Waals surface area contributed by atoms with Crippen LogP contribution in [0.2, 0.25) is 0 Å². The average molecular weight is 196 g/mol. The number of cyclic esters (lactones) is 1. The van der Waals surface area contributed by atoms with Crippen molar-refractivity contribution in [3.8, 4) is 0 Å². The molecular weight excluding hydrogens is 184 g/mol. The lowest BCUT2D eigenvalue weighted by Gasteiger charge is -2.17. The van der Waals surface area contributed by atoms with Gasteiger partial charge in [-0.3, -0.25) is 0 Å². The van der Waals surface area contributed by atoms with Crippen molar-refractivity contribution in [3.63, 3.8) is 0 Å². The number of ether oxygens (including phenoxy) is 2. The molecule has 1 rings (SSSR count). The van der Waals surface area contributed by atoms with Crippen LogP contribution in [0, 0.1) is 0 Å². The Morgan fingerprint density at radius 1 is 1.64 bits per heavy atom. The number of carbonyl (C=O) groups is 1. The van der Waals surface area contributed by atoms with E-state index in [1.807, 2.05) is 0 Å². The van der Waals surface area contributed by atoms with Crippen molar-refractivity contribution in [2.45, 2.75) is 26.4 Å². The van der Waals surface area contributed by atoms with Gasteiger partial charge in [-0.15, -0.1) is 0 Å². The summed E-state index contributed by atoms with van der Waals surface area (Å²) < 4.78 is 10.1. The highest BCUT2D eigenvalue weighted by atomic mass is 16.6. The van der Waals surface area contributed by atoms with Gasteiger partial charge >= 0.3 is 5.97 Å². The fraction of sp³-hybridized carbons (Fsp3) is 0.500. The topological polar surface area (TPSA) is 52.6 Å². The van der Waals surface area contributed by atoms with Crippen molar-refractivity contribution < 1.29 is 19.1 Å². The molecule has 76 valence electrons. The van der Waals surface area contributed by atoms with Crippen molar-refractivity contribution in [2.24, 2.45) is 0 Å². The maximum absolute atomic E-state index is 11.3. The summed E-state index contributed by atoms with van der Waals surface area (Å²) in [6, 6.07) is 0. The van der Waals surface area contributed by atoms with E-state index in [1.54, 1.807) is 26.7 Å². The van der Waals surface area contributed by atoms with Gasteiger partial charge in [-0.05, 0) is 20.8 Å². The smallest absolute Gasteiger partial charge is 0.374 e. The maximum atomic E-state index is 11.3. The van der Waals surface area contributed by atoms with Crippen LogP contribution in [0.25, 0.3) is 0 Å². The first-order chi connectivity index (χ1) is 6.55. The maximum Gasteiger partial charge on any atom is 0.374 e. The Morgan fingerprint density at radius 3 is 2.79 bits per heavy atom. The Hall–Kier alpha value is -1.54. The Labute approximate surface area is 82.2 Å². The fourth-order valence-corrected chi connectivity index (χ4v) is 1.26. The Morgan fingerprint density at radius 2 is 2.29 bits per heavy atom. The molecule has 1 unspecified atom stereocenters. The molecule has 4 heteroatoms. The number of hydrogen-bond acceptors (Lipinski definition) is 4. The summed E-state index contributed by atoms with van der Waals surface area (Å²) in [4.78, 5) is 21.6. The summed E-state index contributed by atoms with van der Waals surface area (Å²) in [6.45, 7) is 5.49. The Balaban J connectivity index is 3.09. The van der Waals surface area contributed by atoms with Crippen LogP contribution in [0.3, 0.4) is 0 Å². The van der Waals surface area contributed by atoms with Crippen molar-refractivity contribution in [1.29, 1.82) is 0 Å². The molecule has 0 fully saturated rings. The highest BCUT2D eigenvalue weighted by Crippen LogP contribution is 2.33. The zero-order valence-electron chi connectivity index (χ0n) is 8.42. The van der Waals surface area contributed by atoms with Gasteiger partial charge in [-0.25, -0.2) is 9.59 Å². The third-order valence-electron chi connectivity index (χ3n) is 2.20. The molecule has 0 aromatic heterocycles. The van der Waals surface area contributed by atoms with Crippen LogP contribution < -0.4 is 0 Å². The molecular formula is C10H12O4. The van der Waals surface area contributed by atoms with E-state index in [4.69, 9.17) is 9.47 Å². The lowest BCUT2D eigenvalue weighted by atomic mass is 9.98.